The molecule has 0 radical (unpaired) electrons. The van der Waals surface area contributed by atoms with Gasteiger partial charge in [-0.1, -0.05) is 0 Å². The predicted molar refractivity (Wildman–Crippen MR) is 51.8 cm³/mol. The van der Waals surface area contributed by atoms with Crippen molar-refractivity contribution in [1.82, 2.24) is 0 Å². The van der Waals surface area contributed by atoms with Crippen molar-refractivity contribution in [2.24, 2.45) is 4.99 Å². The SMILES string of the molecule is O=C(O)CCC(=O)O.O=C1C=CN=CC1. The van der Waals surface area contributed by atoms with Gasteiger partial charge >= 0.3 is 11.9 Å². The third-order valence-corrected chi connectivity index (χ3v) is 1.30. The molecule has 0 bridgehead atoms. The molecule has 0 aliphatic carbocycles. The maximum Gasteiger partial charge on any atom is 0.303 e. The summed E-state index contributed by atoms with van der Waals surface area (Å²) in [6, 6.07) is 0. The summed E-state index contributed by atoms with van der Waals surface area (Å²) < 4.78 is 0. The van der Waals surface area contributed by atoms with E-state index < -0.39 is 11.9 Å². The molecule has 0 aromatic rings. The van der Waals surface area contributed by atoms with E-state index in [0.29, 0.717) is 6.42 Å². The summed E-state index contributed by atoms with van der Waals surface area (Å²) in [5.74, 6) is -2.02. The molecular weight excluding hydrogens is 202 g/mol. The number of aliphatic imine (C=N–C) groups is 1. The number of nitrogens with zero attached hydrogens (tertiary/aromatic N) is 1. The Morgan fingerprint density at radius 2 is 1.80 bits per heavy atom. The van der Waals surface area contributed by atoms with Crippen LogP contribution < -0.4 is 0 Å². The molecule has 6 nitrogen and oxygen atoms in total. The number of hydrogen-bond donors (Lipinski definition) is 2. The average Bonchev–Trinajstić information content (AvgIpc) is 2.17. The van der Waals surface area contributed by atoms with Crippen molar-refractivity contribution < 1.29 is 24.6 Å². The first kappa shape index (κ1) is 13.0. The summed E-state index contributed by atoms with van der Waals surface area (Å²) in [6.07, 6.45) is 4.45. The van der Waals surface area contributed by atoms with Gasteiger partial charge in [0, 0.05) is 18.8 Å². The van der Waals surface area contributed by atoms with Crippen molar-refractivity contribution in [3.05, 3.63) is 12.3 Å². The minimum atomic E-state index is -1.08. The Balaban J connectivity index is 0.000000262. The molecule has 0 amide bonds. The van der Waals surface area contributed by atoms with Gasteiger partial charge in [0.05, 0.1) is 12.8 Å². The zero-order valence-corrected chi connectivity index (χ0v) is 7.92. The minimum Gasteiger partial charge on any atom is -0.481 e. The predicted octanol–water partition coefficient (Wildman–Crippen LogP) is 0.479. The number of carbonyl (C=O) groups is 3. The monoisotopic (exact) mass is 213 g/mol. The number of ketones is 1. The first-order chi connectivity index (χ1) is 7.02. The van der Waals surface area contributed by atoms with Gasteiger partial charge < -0.3 is 10.2 Å². The van der Waals surface area contributed by atoms with Crippen LogP contribution in [0.25, 0.3) is 0 Å². The van der Waals surface area contributed by atoms with Crippen LogP contribution in [0.5, 0.6) is 0 Å². The van der Waals surface area contributed by atoms with Crippen LogP contribution in [-0.2, 0) is 14.4 Å². The average molecular weight is 213 g/mol. The molecule has 0 fully saturated rings. The molecule has 1 aliphatic heterocycles. The third-order valence-electron chi connectivity index (χ3n) is 1.30. The zero-order chi connectivity index (χ0) is 11.7. The quantitative estimate of drug-likeness (QED) is 0.709. The largest absolute Gasteiger partial charge is 0.481 e. The molecule has 82 valence electrons. The van der Waals surface area contributed by atoms with Gasteiger partial charge in [0.15, 0.2) is 5.78 Å². The minimum absolute atomic E-state index is 0.134. The Morgan fingerprint density at radius 3 is 2.00 bits per heavy atom. The van der Waals surface area contributed by atoms with Gasteiger partial charge in [-0.2, -0.15) is 0 Å². The number of rotatable bonds is 3. The molecule has 2 N–H and O–H groups in total. The van der Waals surface area contributed by atoms with Crippen LogP contribution in [0.1, 0.15) is 19.3 Å². The highest BCUT2D eigenvalue weighted by molar-refractivity contribution is 6.00. The van der Waals surface area contributed by atoms with Gasteiger partial charge in [-0.25, -0.2) is 0 Å². The van der Waals surface area contributed by atoms with Crippen LogP contribution in [0.3, 0.4) is 0 Å². The second-order valence-corrected chi connectivity index (χ2v) is 2.61. The zero-order valence-electron chi connectivity index (χ0n) is 7.92. The van der Waals surface area contributed by atoms with E-state index in [1.807, 2.05) is 0 Å². The number of hydrogen-bond acceptors (Lipinski definition) is 4. The molecule has 0 saturated carbocycles. The van der Waals surface area contributed by atoms with Crippen molar-refractivity contribution in [3.63, 3.8) is 0 Å². The van der Waals surface area contributed by atoms with Crippen molar-refractivity contribution in [2.45, 2.75) is 19.3 Å². The van der Waals surface area contributed by atoms with Gasteiger partial charge in [-0.05, 0) is 6.08 Å². The van der Waals surface area contributed by atoms with Crippen molar-refractivity contribution in [3.8, 4) is 0 Å². The first-order valence-corrected chi connectivity index (χ1v) is 4.17. The van der Waals surface area contributed by atoms with E-state index in [-0.39, 0.29) is 18.6 Å². The summed E-state index contributed by atoms with van der Waals surface area (Å²) in [6.45, 7) is 0. The number of carboxylic acids is 2. The maximum absolute atomic E-state index is 10.3. The lowest BCUT2D eigenvalue weighted by molar-refractivity contribution is -0.143. The van der Waals surface area contributed by atoms with Crippen LogP contribution >= 0.6 is 0 Å². The Morgan fingerprint density at radius 1 is 1.27 bits per heavy atom. The molecular formula is C9H11NO5. The fourth-order valence-electron chi connectivity index (χ4n) is 0.612. The van der Waals surface area contributed by atoms with Gasteiger partial charge in [0.2, 0.25) is 0 Å². The number of aliphatic carboxylic acids is 2. The maximum atomic E-state index is 10.3. The van der Waals surface area contributed by atoms with Crippen LogP contribution in [0, 0.1) is 0 Å². The second-order valence-electron chi connectivity index (χ2n) is 2.61. The molecule has 0 aromatic heterocycles. The molecule has 0 saturated heterocycles. The van der Waals surface area contributed by atoms with Crippen LogP contribution in [0.15, 0.2) is 17.3 Å². The standard InChI is InChI=1S/C5H5NO.C4H6O4/c7-5-1-3-6-4-2-5;5-3(6)1-2-4(7)8/h1,3-4H,2H2;1-2H2,(H,5,6)(H,7,8). The highest BCUT2D eigenvalue weighted by Crippen LogP contribution is 1.89. The van der Waals surface area contributed by atoms with Crippen LogP contribution in [0.4, 0.5) is 0 Å². The van der Waals surface area contributed by atoms with E-state index in [0.717, 1.165) is 0 Å². The Bertz CT molecular complexity index is 292. The lowest BCUT2D eigenvalue weighted by atomic mass is 10.3. The van der Waals surface area contributed by atoms with E-state index in [9.17, 15) is 14.4 Å². The highest BCUT2D eigenvalue weighted by Gasteiger charge is 2.00. The van der Waals surface area contributed by atoms with E-state index in [2.05, 4.69) is 4.99 Å². The van der Waals surface area contributed by atoms with Crippen molar-refractivity contribution >= 4 is 23.9 Å². The Labute approximate surface area is 85.9 Å². The summed E-state index contributed by atoms with van der Waals surface area (Å²) >= 11 is 0. The van der Waals surface area contributed by atoms with E-state index in [4.69, 9.17) is 10.2 Å². The lowest BCUT2D eigenvalue weighted by Crippen LogP contribution is -2.00. The fourth-order valence-corrected chi connectivity index (χ4v) is 0.612. The molecule has 1 rings (SSSR count). The molecule has 15 heavy (non-hydrogen) atoms. The molecule has 0 aromatic carbocycles. The molecule has 0 atom stereocenters. The van der Waals surface area contributed by atoms with Gasteiger partial charge in [0.1, 0.15) is 0 Å². The lowest BCUT2D eigenvalue weighted by Gasteiger charge is -1.88. The molecule has 1 aliphatic rings. The number of allylic oxidation sites excluding steroid dienone is 1. The molecule has 0 spiro atoms. The summed E-state index contributed by atoms with van der Waals surface area (Å²) in [4.78, 5) is 33.3. The Kier molecular flexibility index (Phi) is 6.45. The normalized spacial score (nSPS) is 12.9. The van der Waals surface area contributed by atoms with Crippen molar-refractivity contribution in [2.75, 3.05) is 0 Å². The van der Waals surface area contributed by atoms with Crippen LogP contribution in [0.2, 0.25) is 0 Å². The van der Waals surface area contributed by atoms with E-state index in [1.54, 1.807) is 6.21 Å². The number of carbonyl (C=O) groups excluding carboxylic acids is 1. The third kappa shape index (κ3) is 9.94. The summed E-state index contributed by atoms with van der Waals surface area (Å²) in [5, 5.41) is 15.8. The summed E-state index contributed by atoms with van der Waals surface area (Å²) in [7, 11) is 0. The molecule has 0 unspecified atom stereocenters. The smallest absolute Gasteiger partial charge is 0.303 e. The Hall–Kier alpha value is -1.98. The van der Waals surface area contributed by atoms with Crippen molar-refractivity contribution in [1.29, 1.82) is 0 Å². The topological polar surface area (TPSA) is 104 Å². The number of carboxylic acid groups (broad SMARTS) is 2. The second kappa shape index (κ2) is 7.43. The van der Waals surface area contributed by atoms with Gasteiger partial charge in [0.25, 0.3) is 0 Å². The van der Waals surface area contributed by atoms with Gasteiger partial charge in [-0.3, -0.25) is 19.4 Å². The summed E-state index contributed by atoms with van der Waals surface area (Å²) in [5.41, 5.74) is 0. The molecule has 1 heterocycles. The van der Waals surface area contributed by atoms with Crippen LogP contribution in [-0.4, -0.2) is 34.1 Å². The first-order valence-electron chi connectivity index (χ1n) is 4.17. The highest BCUT2D eigenvalue weighted by atomic mass is 16.4. The van der Waals surface area contributed by atoms with Gasteiger partial charge in [-0.15, -0.1) is 0 Å². The fraction of sp³-hybridized carbons (Fsp3) is 0.333. The van der Waals surface area contributed by atoms with E-state index >= 15 is 0 Å². The van der Waals surface area contributed by atoms with E-state index in [1.165, 1.54) is 12.3 Å². The molecule has 6 heteroatoms.